The molecule has 1 saturated carbocycles. The summed E-state index contributed by atoms with van der Waals surface area (Å²) in [5, 5.41) is 0. The van der Waals surface area contributed by atoms with Crippen molar-refractivity contribution in [1.29, 1.82) is 0 Å². The molecular weight excluding hydrogens is 344 g/mol. The minimum Gasteiger partial charge on any atom is -0.455 e. The van der Waals surface area contributed by atoms with Gasteiger partial charge in [-0.15, -0.1) is 0 Å². The third kappa shape index (κ3) is 4.14. The summed E-state index contributed by atoms with van der Waals surface area (Å²) in [5.41, 5.74) is 16.8. The van der Waals surface area contributed by atoms with Crippen molar-refractivity contribution in [3.63, 3.8) is 0 Å². The lowest BCUT2D eigenvalue weighted by atomic mass is 9.79. The van der Waals surface area contributed by atoms with E-state index in [1.807, 2.05) is 12.1 Å². The SMILES string of the molecule is CC1CCC(c2ccc(-c3ccc(Oc4ccc(N)cc4N)cc3)cc2)CC1. The average molecular weight is 373 g/mol. The molecule has 0 radical (unpaired) electrons. The first kappa shape index (κ1) is 18.4. The molecule has 1 aliphatic rings. The average Bonchev–Trinajstić information content (AvgIpc) is 2.71. The van der Waals surface area contributed by atoms with Crippen molar-refractivity contribution in [3.8, 4) is 22.6 Å². The normalized spacial score (nSPS) is 19.3. The van der Waals surface area contributed by atoms with Gasteiger partial charge in [-0.2, -0.15) is 0 Å². The Kier molecular flexibility index (Phi) is 5.25. The minimum atomic E-state index is 0.539. The van der Waals surface area contributed by atoms with Crippen molar-refractivity contribution in [2.75, 3.05) is 11.5 Å². The maximum Gasteiger partial charge on any atom is 0.150 e. The lowest BCUT2D eigenvalue weighted by molar-refractivity contribution is 0.348. The topological polar surface area (TPSA) is 61.3 Å². The highest BCUT2D eigenvalue weighted by molar-refractivity contribution is 5.65. The molecule has 0 saturated heterocycles. The molecule has 0 spiro atoms. The number of hydrogen-bond donors (Lipinski definition) is 2. The standard InChI is InChI=1S/C25H28N2O/c1-17-2-4-18(5-3-17)19-6-8-20(9-7-19)21-10-13-23(14-11-21)28-25-15-12-22(26)16-24(25)27/h6-18H,2-5,26-27H2,1H3. The highest BCUT2D eigenvalue weighted by Gasteiger charge is 2.19. The fraction of sp³-hybridized carbons (Fsp3) is 0.280. The number of benzene rings is 3. The van der Waals surface area contributed by atoms with Crippen LogP contribution in [0.3, 0.4) is 0 Å². The van der Waals surface area contributed by atoms with Crippen molar-refractivity contribution in [3.05, 3.63) is 72.3 Å². The second kappa shape index (κ2) is 7.97. The lowest BCUT2D eigenvalue weighted by Gasteiger charge is -2.26. The van der Waals surface area contributed by atoms with E-state index in [2.05, 4.69) is 43.3 Å². The number of hydrogen-bond acceptors (Lipinski definition) is 3. The Morgan fingerprint density at radius 2 is 1.36 bits per heavy atom. The van der Waals surface area contributed by atoms with Crippen LogP contribution < -0.4 is 16.2 Å². The molecule has 0 amide bonds. The van der Waals surface area contributed by atoms with E-state index in [0.29, 0.717) is 17.1 Å². The van der Waals surface area contributed by atoms with Crippen LogP contribution in [0.25, 0.3) is 11.1 Å². The molecule has 3 nitrogen and oxygen atoms in total. The van der Waals surface area contributed by atoms with Gasteiger partial charge in [0.1, 0.15) is 11.5 Å². The predicted octanol–water partition coefficient (Wildman–Crippen LogP) is 6.60. The van der Waals surface area contributed by atoms with Gasteiger partial charge in [-0.1, -0.05) is 56.2 Å². The summed E-state index contributed by atoms with van der Waals surface area (Å²) in [6.07, 6.45) is 5.35. The van der Waals surface area contributed by atoms with Crippen molar-refractivity contribution in [2.24, 2.45) is 5.92 Å². The van der Waals surface area contributed by atoms with E-state index in [4.69, 9.17) is 16.2 Å². The van der Waals surface area contributed by atoms with Gasteiger partial charge in [0.15, 0.2) is 0 Å². The van der Waals surface area contributed by atoms with Gasteiger partial charge in [0.2, 0.25) is 0 Å². The van der Waals surface area contributed by atoms with Crippen molar-refractivity contribution < 1.29 is 4.74 Å². The first-order chi connectivity index (χ1) is 13.6. The molecule has 144 valence electrons. The molecular formula is C25H28N2O. The molecule has 0 bridgehead atoms. The number of nitrogen functional groups attached to an aromatic ring is 2. The van der Waals surface area contributed by atoms with Gasteiger partial charge in [0.05, 0.1) is 5.69 Å². The van der Waals surface area contributed by atoms with E-state index in [9.17, 15) is 0 Å². The van der Waals surface area contributed by atoms with Gasteiger partial charge in [-0.3, -0.25) is 0 Å². The summed E-state index contributed by atoms with van der Waals surface area (Å²) < 4.78 is 5.88. The monoisotopic (exact) mass is 372 g/mol. The number of nitrogens with two attached hydrogens (primary N) is 2. The highest BCUT2D eigenvalue weighted by atomic mass is 16.5. The molecule has 3 aromatic carbocycles. The molecule has 28 heavy (non-hydrogen) atoms. The quantitative estimate of drug-likeness (QED) is 0.507. The van der Waals surface area contributed by atoms with E-state index in [1.54, 1.807) is 18.2 Å². The molecule has 1 fully saturated rings. The lowest BCUT2D eigenvalue weighted by Crippen LogP contribution is -2.10. The van der Waals surface area contributed by atoms with Crippen LogP contribution in [-0.2, 0) is 0 Å². The Morgan fingerprint density at radius 3 is 1.96 bits per heavy atom. The Morgan fingerprint density at radius 1 is 0.750 bits per heavy atom. The molecule has 0 aromatic heterocycles. The molecule has 1 aliphatic carbocycles. The molecule has 3 aromatic rings. The van der Waals surface area contributed by atoms with Crippen molar-refractivity contribution in [2.45, 2.75) is 38.5 Å². The van der Waals surface area contributed by atoms with Crippen LogP contribution in [0.4, 0.5) is 11.4 Å². The zero-order valence-corrected chi connectivity index (χ0v) is 16.4. The largest absolute Gasteiger partial charge is 0.455 e. The molecule has 0 aliphatic heterocycles. The maximum atomic E-state index is 5.97. The van der Waals surface area contributed by atoms with Gasteiger partial charge >= 0.3 is 0 Å². The highest BCUT2D eigenvalue weighted by Crippen LogP contribution is 2.36. The minimum absolute atomic E-state index is 0.539. The van der Waals surface area contributed by atoms with Gasteiger partial charge in [0, 0.05) is 5.69 Å². The van der Waals surface area contributed by atoms with Crippen molar-refractivity contribution in [1.82, 2.24) is 0 Å². The number of anilines is 2. The van der Waals surface area contributed by atoms with E-state index in [-0.39, 0.29) is 0 Å². The fourth-order valence-electron chi connectivity index (χ4n) is 4.04. The van der Waals surface area contributed by atoms with Crippen LogP contribution in [0.1, 0.15) is 44.1 Å². The molecule has 3 heteroatoms. The second-order valence-electron chi connectivity index (χ2n) is 8.00. The third-order valence-electron chi connectivity index (χ3n) is 5.85. The Hall–Kier alpha value is -2.94. The van der Waals surface area contributed by atoms with Crippen LogP contribution in [0.2, 0.25) is 0 Å². The molecule has 4 rings (SSSR count). The Balaban J connectivity index is 1.45. The van der Waals surface area contributed by atoms with E-state index < -0.39 is 0 Å². The summed E-state index contributed by atoms with van der Waals surface area (Å²) in [6, 6.07) is 22.5. The third-order valence-corrected chi connectivity index (χ3v) is 5.85. The van der Waals surface area contributed by atoms with E-state index in [0.717, 1.165) is 17.6 Å². The first-order valence-corrected chi connectivity index (χ1v) is 10.1. The number of ether oxygens (including phenoxy) is 1. The summed E-state index contributed by atoms with van der Waals surface area (Å²) in [4.78, 5) is 0. The smallest absolute Gasteiger partial charge is 0.150 e. The predicted molar refractivity (Wildman–Crippen MR) is 118 cm³/mol. The first-order valence-electron chi connectivity index (χ1n) is 10.1. The van der Waals surface area contributed by atoms with E-state index >= 15 is 0 Å². The summed E-state index contributed by atoms with van der Waals surface area (Å²) in [5.74, 6) is 2.99. The Bertz CT molecular complexity index is 924. The summed E-state index contributed by atoms with van der Waals surface area (Å²) >= 11 is 0. The van der Waals surface area contributed by atoms with Gasteiger partial charge in [-0.25, -0.2) is 0 Å². The van der Waals surface area contributed by atoms with E-state index in [1.165, 1.54) is 42.4 Å². The summed E-state index contributed by atoms with van der Waals surface area (Å²) in [7, 11) is 0. The van der Waals surface area contributed by atoms with Crippen molar-refractivity contribution >= 4 is 11.4 Å². The Labute approximate surface area is 167 Å². The van der Waals surface area contributed by atoms with Gasteiger partial charge < -0.3 is 16.2 Å². The zero-order chi connectivity index (χ0) is 19.5. The molecule has 0 atom stereocenters. The maximum absolute atomic E-state index is 5.97. The van der Waals surface area contributed by atoms with Crippen LogP contribution >= 0.6 is 0 Å². The van der Waals surface area contributed by atoms with Crippen LogP contribution in [0.5, 0.6) is 11.5 Å². The van der Waals surface area contributed by atoms with Gasteiger partial charge in [-0.05, 0) is 71.7 Å². The zero-order valence-electron chi connectivity index (χ0n) is 16.4. The van der Waals surface area contributed by atoms with Crippen LogP contribution in [-0.4, -0.2) is 0 Å². The van der Waals surface area contributed by atoms with Crippen LogP contribution in [0.15, 0.2) is 66.7 Å². The number of rotatable bonds is 4. The van der Waals surface area contributed by atoms with Gasteiger partial charge in [0.25, 0.3) is 0 Å². The summed E-state index contributed by atoms with van der Waals surface area (Å²) in [6.45, 7) is 2.37. The fourth-order valence-corrected chi connectivity index (χ4v) is 4.04. The second-order valence-corrected chi connectivity index (χ2v) is 8.00. The molecule has 0 unspecified atom stereocenters. The van der Waals surface area contributed by atoms with Crippen LogP contribution in [0, 0.1) is 5.92 Å². The molecule has 0 heterocycles. The molecule has 4 N–H and O–H groups in total.